The number of nitrogens with zero attached hydrogens (tertiary/aromatic N) is 1. The Hall–Kier alpha value is -4.63. The van der Waals surface area contributed by atoms with Gasteiger partial charge in [-0.2, -0.15) is 13.2 Å². The maximum Gasteiger partial charge on any atom is 0.490 e. The van der Waals surface area contributed by atoms with Crippen LogP contribution in [0.15, 0.2) is 97.1 Å². The van der Waals surface area contributed by atoms with Crippen LogP contribution in [0, 0.1) is 0 Å². The molecule has 4 aromatic carbocycles. The van der Waals surface area contributed by atoms with Gasteiger partial charge < -0.3 is 21.1 Å². The van der Waals surface area contributed by atoms with E-state index in [2.05, 4.69) is 71.0 Å². The average Bonchev–Trinajstić information content (AvgIpc) is 3.33. The van der Waals surface area contributed by atoms with Crippen LogP contribution in [0.4, 0.5) is 18.9 Å². The molecule has 0 spiro atoms. The normalized spacial score (nSPS) is 11.1. The number of fused-ring (bicyclic) bond motifs is 1. The number of halogens is 3. The van der Waals surface area contributed by atoms with Gasteiger partial charge in [-0.1, -0.05) is 60.7 Å². The van der Waals surface area contributed by atoms with Gasteiger partial charge >= 0.3 is 12.1 Å². The Morgan fingerprint density at radius 1 is 0.816 bits per heavy atom. The summed E-state index contributed by atoms with van der Waals surface area (Å²) in [4.78, 5) is 17.1. The lowest BCUT2D eigenvalue weighted by Crippen LogP contribution is -2.21. The number of nitrogens with one attached hydrogen (secondary N) is 2. The Morgan fingerprint density at radius 2 is 1.39 bits per heavy atom. The van der Waals surface area contributed by atoms with E-state index in [1.54, 1.807) is 0 Å². The van der Waals surface area contributed by atoms with Crippen LogP contribution in [0.25, 0.3) is 33.5 Å². The summed E-state index contributed by atoms with van der Waals surface area (Å²) in [6.45, 7) is 1.59. The second-order valence-corrected chi connectivity index (χ2v) is 8.54. The third-order valence-electron chi connectivity index (χ3n) is 5.64. The summed E-state index contributed by atoms with van der Waals surface area (Å²) in [6, 6.07) is 33.3. The van der Waals surface area contributed by atoms with Crippen molar-refractivity contribution in [2.24, 2.45) is 0 Å². The zero-order valence-corrected chi connectivity index (χ0v) is 20.2. The highest BCUT2D eigenvalue weighted by Crippen LogP contribution is 2.27. The SMILES string of the molecule is Nc1cccc(CNCc2cccc(-c3cccc(-c4nc5ccccc5[nH]4)c3)c2)c1.O=C(O)C(F)(F)F. The molecule has 0 atom stereocenters. The first kappa shape index (κ1) is 26.4. The highest BCUT2D eigenvalue weighted by atomic mass is 19.4. The van der Waals surface area contributed by atoms with Crippen LogP contribution in [0.1, 0.15) is 11.1 Å². The van der Waals surface area contributed by atoms with Crippen molar-refractivity contribution in [2.45, 2.75) is 19.3 Å². The van der Waals surface area contributed by atoms with Crippen molar-refractivity contribution < 1.29 is 23.1 Å². The summed E-state index contributed by atoms with van der Waals surface area (Å²) in [7, 11) is 0. The largest absolute Gasteiger partial charge is 0.490 e. The number of hydrogen-bond acceptors (Lipinski definition) is 4. The van der Waals surface area contributed by atoms with Crippen molar-refractivity contribution in [2.75, 3.05) is 5.73 Å². The molecule has 0 saturated heterocycles. The fourth-order valence-corrected chi connectivity index (χ4v) is 3.85. The lowest BCUT2D eigenvalue weighted by atomic mass is 10.0. The first-order valence-electron chi connectivity index (χ1n) is 11.7. The minimum atomic E-state index is -5.08. The average molecular weight is 519 g/mol. The molecule has 6 nitrogen and oxygen atoms in total. The van der Waals surface area contributed by atoms with Crippen LogP contribution in [0.3, 0.4) is 0 Å². The second-order valence-electron chi connectivity index (χ2n) is 8.54. The molecule has 194 valence electrons. The molecule has 5 aromatic rings. The smallest absolute Gasteiger partial charge is 0.475 e. The fraction of sp³-hybridized carbons (Fsp3) is 0.103. The van der Waals surface area contributed by atoms with Gasteiger partial charge in [0.1, 0.15) is 5.82 Å². The summed E-state index contributed by atoms with van der Waals surface area (Å²) in [5.74, 6) is -1.87. The zero-order valence-electron chi connectivity index (χ0n) is 20.2. The number of H-pyrrole nitrogens is 1. The number of aromatic amines is 1. The van der Waals surface area contributed by atoms with Crippen molar-refractivity contribution in [3.63, 3.8) is 0 Å². The molecule has 0 bridgehead atoms. The third kappa shape index (κ3) is 6.98. The third-order valence-corrected chi connectivity index (χ3v) is 5.64. The van der Waals surface area contributed by atoms with Crippen molar-refractivity contribution in [3.8, 4) is 22.5 Å². The molecule has 0 aliphatic heterocycles. The minimum absolute atomic E-state index is 0.788. The number of nitrogens with two attached hydrogens (primary N) is 1. The van der Waals surface area contributed by atoms with Crippen LogP contribution in [-0.4, -0.2) is 27.2 Å². The Kier molecular flexibility index (Phi) is 8.08. The lowest BCUT2D eigenvalue weighted by Gasteiger charge is -2.09. The van der Waals surface area contributed by atoms with E-state index < -0.39 is 12.1 Å². The molecule has 0 radical (unpaired) electrons. The van der Waals surface area contributed by atoms with Gasteiger partial charge in [-0.3, -0.25) is 0 Å². The number of para-hydroxylation sites is 2. The highest BCUT2D eigenvalue weighted by molar-refractivity contribution is 5.80. The molecule has 1 heterocycles. The molecule has 0 aliphatic carbocycles. The van der Waals surface area contributed by atoms with E-state index in [-0.39, 0.29) is 0 Å². The van der Waals surface area contributed by atoms with E-state index in [4.69, 9.17) is 20.6 Å². The molecule has 38 heavy (non-hydrogen) atoms. The number of aromatic nitrogens is 2. The predicted octanol–water partition coefficient (Wildman–Crippen LogP) is 6.40. The standard InChI is InChI=1S/C27H24N4.C2HF3O2/c28-24-11-4-7-20(15-24)18-29-17-19-6-3-8-21(14-19)22-9-5-10-23(16-22)27-30-25-12-1-2-13-26(25)31-27;3-2(4,5)1(6)7/h1-16,29H,17-18,28H2,(H,30,31);(H,6,7). The summed E-state index contributed by atoms with van der Waals surface area (Å²) in [6.07, 6.45) is -5.08. The topological polar surface area (TPSA) is 104 Å². The molecular weight excluding hydrogens is 493 g/mol. The van der Waals surface area contributed by atoms with Crippen molar-refractivity contribution in [1.82, 2.24) is 15.3 Å². The minimum Gasteiger partial charge on any atom is -0.475 e. The summed E-state index contributed by atoms with van der Waals surface area (Å²) < 4.78 is 31.7. The number of rotatable bonds is 6. The van der Waals surface area contributed by atoms with E-state index in [0.717, 1.165) is 41.2 Å². The van der Waals surface area contributed by atoms with Crippen LogP contribution in [0.2, 0.25) is 0 Å². The second kappa shape index (κ2) is 11.6. The molecule has 0 aliphatic rings. The van der Waals surface area contributed by atoms with Gasteiger partial charge in [-0.15, -0.1) is 0 Å². The summed E-state index contributed by atoms with van der Waals surface area (Å²) >= 11 is 0. The van der Waals surface area contributed by atoms with Crippen LogP contribution in [0.5, 0.6) is 0 Å². The molecule has 1 aromatic heterocycles. The predicted molar refractivity (Wildman–Crippen MR) is 142 cm³/mol. The van der Waals surface area contributed by atoms with Crippen molar-refractivity contribution in [3.05, 3.63) is 108 Å². The van der Waals surface area contributed by atoms with Gasteiger partial charge in [0, 0.05) is 24.3 Å². The maximum absolute atomic E-state index is 10.6. The molecular formula is C29H25F3N4O2. The number of hydrogen-bond donors (Lipinski definition) is 4. The van der Waals surface area contributed by atoms with E-state index in [9.17, 15) is 13.2 Å². The fourth-order valence-electron chi connectivity index (χ4n) is 3.85. The molecule has 0 unspecified atom stereocenters. The van der Waals surface area contributed by atoms with Crippen LogP contribution in [-0.2, 0) is 17.9 Å². The van der Waals surface area contributed by atoms with Gasteiger partial charge in [0.25, 0.3) is 0 Å². The number of carboxylic acids is 1. The van der Waals surface area contributed by atoms with Gasteiger partial charge in [-0.25, -0.2) is 9.78 Å². The summed E-state index contributed by atoms with van der Waals surface area (Å²) in [5.41, 5.74) is 14.6. The molecule has 9 heteroatoms. The Labute approximate surface area is 217 Å². The number of aliphatic carboxylic acids is 1. The molecule has 0 saturated carbocycles. The molecule has 0 amide bonds. The van der Waals surface area contributed by atoms with Crippen LogP contribution < -0.4 is 11.1 Å². The van der Waals surface area contributed by atoms with Crippen LogP contribution >= 0.6 is 0 Å². The van der Waals surface area contributed by atoms with E-state index in [1.807, 2.05) is 36.4 Å². The monoisotopic (exact) mass is 518 g/mol. The number of alkyl halides is 3. The number of imidazole rings is 1. The quantitative estimate of drug-likeness (QED) is 0.195. The number of carbonyl (C=O) groups is 1. The molecule has 5 N–H and O–H groups in total. The lowest BCUT2D eigenvalue weighted by molar-refractivity contribution is -0.192. The van der Waals surface area contributed by atoms with Gasteiger partial charge in [0.15, 0.2) is 0 Å². The van der Waals surface area contributed by atoms with Gasteiger partial charge in [0.05, 0.1) is 11.0 Å². The van der Waals surface area contributed by atoms with Gasteiger partial charge in [0.2, 0.25) is 0 Å². The maximum atomic E-state index is 10.6. The Morgan fingerprint density at radius 3 is 2.05 bits per heavy atom. The van der Waals surface area contributed by atoms with Crippen molar-refractivity contribution >= 4 is 22.7 Å². The Bertz CT molecular complexity index is 1510. The molecule has 5 rings (SSSR count). The van der Waals surface area contributed by atoms with Gasteiger partial charge in [-0.05, 0) is 58.7 Å². The number of benzene rings is 4. The highest BCUT2D eigenvalue weighted by Gasteiger charge is 2.38. The molecule has 0 fully saturated rings. The Balaban J connectivity index is 0.000000426. The number of carboxylic acid groups (broad SMARTS) is 1. The van der Waals surface area contributed by atoms with E-state index in [0.29, 0.717) is 0 Å². The van der Waals surface area contributed by atoms with E-state index >= 15 is 0 Å². The first-order chi connectivity index (χ1) is 18.2. The first-order valence-corrected chi connectivity index (χ1v) is 11.7. The van der Waals surface area contributed by atoms with E-state index in [1.165, 1.54) is 22.3 Å². The number of anilines is 1. The number of nitrogen functional groups attached to an aromatic ring is 1. The van der Waals surface area contributed by atoms with Crippen molar-refractivity contribution in [1.29, 1.82) is 0 Å². The summed E-state index contributed by atoms with van der Waals surface area (Å²) in [5, 5.41) is 10.6. The zero-order chi connectivity index (χ0) is 27.1.